The Hall–Kier alpha value is -4.75. The third kappa shape index (κ3) is 8.66. The molecule has 1 atom stereocenters. The monoisotopic (exact) mass is 523 g/mol. The lowest BCUT2D eigenvalue weighted by Crippen LogP contribution is -2.44. The molecule has 0 aromatic heterocycles. The molecule has 198 valence electrons. The maximum atomic E-state index is 13.3. The summed E-state index contributed by atoms with van der Waals surface area (Å²) in [6.45, 7) is 1.62. The zero-order chi connectivity index (χ0) is 27.5. The molecular formula is C32H29NO6. The van der Waals surface area contributed by atoms with Crippen molar-refractivity contribution in [3.8, 4) is 17.2 Å². The van der Waals surface area contributed by atoms with Gasteiger partial charge in [-0.05, 0) is 59.7 Å². The molecule has 4 aromatic carbocycles. The van der Waals surface area contributed by atoms with E-state index in [-0.39, 0.29) is 18.8 Å². The highest BCUT2D eigenvalue weighted by molar-refractivity contribution is 5.98. The van der Waals surface area contributed by atoms with Crippen LogP contribution in [-0.2, 0) is 27.4 Å². The summed E-state index contributed by atoms with van der Waals surface area (Å²) in [5.74, 6) is 0.638. The van der Waals surface area contributed by atoms with Gasteiger partial charge in [0, 0.05) is 18.9 Å². The van der Waals surface area contributed by atoms with Gasteiger partial charge in [0.25, 0.3) is 5.91 Å². The number of hydrogen-bond acceptors (Lipinski definition) is 6. The highest BCUT2D eigenvalue weighted by Gasteiger charge is 2.22. The molecule has 0 aliphatic rings. The number of ether oxygens (including phenoxy) is 3. The number of esters is 1. The molecule has 0 heterocycles. The molecule has 1 unspecified atom stereocenters. The maximum Gasteiger partial charge on any atom is 0.308 e. The van der Waals surface area contributed by atoms with Gasteiger partial charge in [0.05, 0.1) is 13.2 Å². The molecule has 1 N–H and O–H groups in total. The minimum absolute atomic E-state index is 0.0141. The molecule has 0 spiro atoms. The van der Waals surface area contributed by atoms with Gasteiger partial charge in [0.15, 0.2) is 5.78 Å². The topological polar surface area (TPSA) is 90.9 Å². The van der Waals surface area contributed by atoms with Gasteiger partial charge in [0.2, 0.25) is 0 Å². The Bertz CT molecular complexity index is 1370. The fraction of sp³-hybridized carbons (Fsp3) is 0.156. The molecule has 0 saturated carbocycles. The van der Waals surface area contributed by atoms with Crippen LogP contribution in [0.5, 0.6) is 17.2 Å². The second-order valence-electron chi connectivity index (χ2n) is 8.85. The van der Waals surface area contributed by atoms with E-state index >= 15 is 0 Å². The van der Waals surface area contributed by atoms with Crippen molar-refractivity contribution >= 4 is 17.7 Å². The van der Waals surface area contributed by atoms with Gasteiger partial charge in [-0.25, -0.2) is 0 Å². The normalized spacial score (nSPS) is 11.3. The molecule has 0 aliphatic carbocycles. The van der Waals surface area contributed by atoms with Crippen molar-refractivity contribution in [2.45, 2.75) is 26.0 Å². The SMILES string of the molecule is CC(=O)Oc1ccc(C(=O)NC(COCc2ccccc2)C(=O)Cc2ccc(Oc3ccccc3)cc2)cc1. The lowest BCUT2D eigenvalue weighted by atomic mass is 10.0. The molecule has 0 fully saturated rings. The summed E-state index contributed by atoms with van der Waals surface area (Å²) < 4.78 is 16.7. The zero-order valence-electron chi connectivity index (χ0n) is 21.5. The van der Waals surface area contributed by atoms with Gasteiger partial charge >= 0.3 is 5.97 Å². The first-order chi connectivity index (χ1) is 19.0. The van der Waals surface area contributed by atoms with Crippen LogP contribution >= 0.6 is 0 Å². The molecule has 0 saturated heterocycles. The van der Waals surface area contributed by atoms with Crippen molar-refractivity contribution in [3.63, 3.8) is 0 Å². The molecule has 4 rings (SSSR count). The Balaban J connectivity index is 1.41. The van der Waals surface area contributed by atoms with Crippen molar-refractivity contribution in [2.24, 2.45) is 0 Å². The summed E-state index contributed by atoms with van der Waals surface area (Å²) in [5.41, 5.74) is 2.08. The van der Waals surface area contributed by atoms with Crippen molar-refractivity contribution in [3.05, 3.63) is 126 Å². The highest BCUT2D eigenvalue weighted by atomic mass is 16.5. The first kappa shape index (κ1) is 27.3. The number of nitrogens with one attached hydrogen (secondary N) is 1. The molecule has 7 nitrogen and oxygen atoms in total. The van der Waals surface area contributed by atoms with Crippen LogP contribution in [0, 0.1) is 0 Å². The van der Waals surface area contributed by atoms with E-state index in [0.29, 0.717) is 23.7 Å². The predicted octanol–water partition coefficient (Wildman–Crippen LogP) is 5.53. The summed E-state index contributed by atoms with van der Waals surface area (Å²) >= 11 is 0. The highest BCUT2D eigenvalue weighted by Crippen LogP contribution is 2.21. The second-order valence-corrected chi connectivity index (χ2v) is 8.85. The van der Waals surface area contributed by atoms with Gasteiger partial charge in [-0.3, -0.25) is 14.4 Å². The van der Waals surface area contributed by atoms with Gasteiger partial charge in [-0.15, -0.1) is 0 Å². The summed E-state index contributed by atoms with van der Waals surface area (Å²) in [6, 6.07) is 31.5. The van der Waals surface area contributed by atoms with Gasteiger partial charge < -0.3 is 19.5 Å². The first-order valence-corrected chi connectivity index (χ1v) is 12.5. The number of hydrogen-bond donors (Lipinski definition) is 1. The van der Waals surface area contributed by atoms with Gasteiger partial charge in [-0.2, -0.15) is 0 Å². The van der Waals surface area contributed by atoms with Crippen LogP contribution in [0.4, 0.5) is 0 Å². The Labute approximate surface area is 227 Å². The molecule has 1 amide bonds. The van der Waals surface area contributed by atoms with E-state index in [1.165, 1.54) is 31.2 Å². The summed E-state index contributed by atoms with van der Waals surface area (Å²) in [4.78, 5) is 37.4. The van der Waals surface area contributed by atoms with E-state index in [4.69, 9.17) is 14.2 Å². The maximum absolute atomic E-state index is 13.3. The van der Waals surface area contributed by atoms with Crippen LogP contribution in [0.25, 0.3) is 0 Å². The average molecular weight is 524 g/mol. The van der Waals surface area contributed by atoms with E-state index in [2.05, 4.69) is 5.32 Å². The molecule has 0 aliphatic heterocycles. The molecule has 0 radical (unpaired) electrons. The molecule has 4 aromatic rings. The van der Waals surface area contributed by atoms with E-state index in [9.17, 15) is 14.4 Å². The van der Waals surface area contributed by atoms with Crippen molar-refractivity contribution in [1.82, 2.24) is 5.32 Å². The lowest BCUT2D eigenvalue weighted by Gasteiger charge is -2.18. The largest absolute Gasteiger partial charge is 0.457 e. The van der Waals surface area contributed by atoms with Crippen LogP contribution in [-0.4, -0.2) is 30.3 Å². The summed E-state index contributed by atoms with van der Waals surface area (Å²) in [5, 5.41) is 2.80. The van der Waals surface area contributed by atoms with Crippen molar-refractivity contribution in [2.75, 3.05) is 6.61 Å². The summed E-state index contributed by atoms with van der Waals surface area (Å²) in [6.07, 6.45) is 0.108. The summed E-state index contributed by atoms with van der Waals surface area (Å²) in [7, 11) is 0. The molecule has 0 bridgehead atoms. The van der Waals surface area contributed by atoms with Crippen LogP contribution < -0.4 is 14.8 Å². The second kappa shape index (κ2) is 13.7. The first-order valence-electron chi connectivity index (χ1n) is 12.5. The number of rotatable bonds is 12. The minimum atomic E-state index is -0.866. The lowest BCUT2D eigenvalue weighted by molar-refractivity contribution is -0.131. The Morgan fingerprint density at radius 3 is 1.92 bits per heavy atom. The number of Topliss-reactive ketones (excluding diaryl/α,β-unsaturated/α-hetero) is 1. The number of carbonyl (C=O) groups is 3. The van der Waals surface area contributed by atoms with Gasteiger partial charge in [0.1, 0.15) is 23.3 Å². The third-order valence-electron chi connectivity index (χ3n) is 5.75. The van der Waals surface area contributed by atoms with Crippen LogP contribution in [0.1, 0.15) is 28.4 Å². The van der Waals surface area contributed by atoms with E-state index in [1.54, 1.807) is 12.1 Å². The molecule has 39 heavy (non-hydrogen) atoms. The van der Waals surface area contributed by atoms with E-state index < -0.39 is 17.9 Å². The standard InChI is InChI=1S/C32H29NO6/c1-23(34)38-28-18-14-26(15-19-28)32(36)33-30(22-37-21-25-8-4-2-5-9-25)31(35)20-24-12-16-29(17-13-24)39-27-10-6-3-7-11-27/h2-19,30H,20-22H2,1H3,(H,33,36). The fourth-order valence-corrected chi connectivity index (χ4v) is 3.79. The Kier molecular flexibility index (Phi) is 9.58. The van der Waals surface area contributed by atoms with Crippen molar-refractivity contribution in [1.29, 1.82) is 0 Å². The van der Waals surface area contributed by atoms with Gasteiger partial charge in [-0.1, -0.05) is 60.7 Å². The van der Waals surface area contributed by atoms with Crippen LogP contribution in [0.3, 0.4) is 0 Å². The number of amides is 1. The fourth-order valence-electron chi connectivity index (χ4n) is 3.79. The number of benzene rings is 4. The van der Waals surface area contributed by atoms with E-state index in [1.807, 2.05) is 72.8 Å². The number of carbonyl (C=O) groups excluding carboxylic acids is 3. The number of ketones is 1. The Morgan fingerprint density at radius 1 is 0.692 bits per heavy atom. The third-order valence-corrected chi connectivity index (χ3v) is 5.75. The van der Waals surface area contributed by atoms with Crippen molar-refractivity contribution < 1.29 is 28.6 Å². The zero-order valence-corrected chi connectivity index (χ0v) is 21.5. The quantitative estimate of drug-likeness (QED) is 0.194. The predicted molar refractivity (Wildman–Crippen MR) is 147 cm³/mol. The van der Waals surface area contributed by atoms with Crippen LogP contribution in [0.2, 0.25) is 0 Å². The average Bonchev–Trinajstić information content (AvgIpc) is 2.94. The van der Waals surface area contributed by atoms with E-state index in [0.717, 1.165) is 16.9 Å². The molecular weight excluding hydrogens is 494 g/mol. The number of para-hydroxylation sites is 1. The minimum Gasteiger partial charge on any atom is -0.457 e. The Morgan fingerprint density at radius 2 is 1.28 bits per heavy atom. The smallest absolute Gasteiger partial charge is 0.308 e. The van der Waals surface area contributed by atoms with Crippen LogP contribution in [0.15, 0.2) is 109 Å². The molecule has 7 heteroatoms.